The zero-order chi connectivity index (χ0) is 15.7. The first-order valence-electron chi connectivity index (χ1n) is 7.64. The van der Waals surface area contributed by atoms with Crippen LogP contribution in [0.5, 0.6) is 0 Å². The van der Waals surface area contributed by atoms with Gasteiger partial charge >= 0.3 is 0 Å². The van der Waals surface area contributed by atoms with E-state index >= 15 is 0 Å². The molecule has 0 bridgehead atoms. The summed E-state index contributed by atoms with van der Waals surface area (Å²) in [4.78, 5) is 15.1. The van der Waals surface area contributed by atoms with Gasteiger partial charge in [0, 0.05) is 17.7 Å². The molecule has 0 radical (unpaired) electrons. The second kappa shape index (κ2) is 5.45. The van der Waals surface area contributed by atoms with Crippen molar-refractivity contribution in [3.05, 3.63) is 71.3 Å². The number of hydrogen-bond donors (Lipinski definition) is 0. The second-order valence-corrected chi connectivity index (χ2v) is 6.68. The lowest BCUT2D eigenvalue weighted by Crippen LogP contribution is -2.44. The third-order valence-electron chi connectivity index (χ3n) is 4.05. The maximum Gasteiger partial charge on any atom is 0.255 e. The number of rotatable bonds is 1. The molecule has 1 aliphatic rings. The minimum atomic E-state index is -0.220. The molecule has 2 aromatic rings. The lowest BCUT2D eigenvalue weighted by atomic mass is 10.00. The largest absolute Gasteiger partial charge is 0.329 e. The molecule has 22 heavy (non-hydrogen) atoms. The van der Waals surface area contributed by atoms with Crippen LogP contribution in [0.2, 0.25) is 0 Å². The lowest BCUT2D eigenvalue weighted by molar-refractivity contribution is -0.130. The molecular weight excluding hydrogens is 270 g/mol. The smallest absolute Gasteiger partial charge is 0.255 e. The lowest BCUT2D eigenvalue weighted by Gasteiger charge is -2.35. The Labute approximate surface area is 132 Å². The molecule has 0 saturated heterocycles. The van der Waals surface area contributed by atoms with E-state index in [0.717, 1.165) is 16.7 Å². The van der Waals surface area contributed by atoms with Gasteiger partial charge in [-0.3, -0.25) is 4.79 Å². The molecule has 0 atom stereocenters. The van der Waals surface area contributed by atoms with E-state index in [1.807, 2.05) is 53.4 Å². The Balaban J connectivity index is 2.18. The second-order valence-electron chi connectivity index (χ2n) is 6.68. The van der Waals surface area contributed by atoms with Gasteiger partial charge in [0.25, 0.3) is 5.91 Å². The summed E-state index contributed by atoms with van der Waals surface area (Å²) in [7, 11) is 0. The molecule has 0 spiro atoms. The topological polar surface area (TPSA) is 20.3 Å². The molecule has 3 rings (SSSR count). The molecule has 1 aliphatic heterocycles. The van der Waals surface area contributed by atoms with E-state index in [2.05, 4.69) is 32.9 Å². The Kier molecular flexibility index (Phi) is 3.61. The Bertz CT molecular complexity index is 723. The molecule has 1 heterocycles. The van der Waals surface area contributed by atoms with Crippen molar-refractivity contribution < 1.29 is 4.79 Å². The minimum Gasteiger partial charge on any atom is -0.329 e. The fourth-order valence-corrected chi connectivity index (χ4v) is 2.79. The van der Waals surface area contributed by atoms with Gasteiger partial charge in [-0.05, 0) is 43.5 Å². The number of amides is 1. The van der Waals surface area contributed by atoms with E-state index in [-0.39, 0.29) is 11.4 Å². The highest BCUT2D eigenvalue weighted by molar-refractivity contribution is 6.24. The molecule has 0 fully saturated rings. The van der Waals surface area contributed by atoms with Crippen LogP contribution in [0.15, 0.2) is 54.6 Å². The predicted molar refractivity (Wildman–Crippen MR) is 91.1 cm³/mol. The van der Waals surface area contributed by atoms with Gasteiger partial charge in [0.2, 0.25) is 0 Å². The summed E-state index contributed by atoms with van der Waals surface area (Å²) in [5, 5.41) is 0. The average Bonchev–Trinajstić information content (AvgIpc) is 2.65. The van der Waals surface area contributed by atoms with E-state index in [9.17, 15) is 4.79 Å². The zero-order valence-corrected chi connectivity index (χ0v) is 13.3. The molecule has 0 unspecified atom stereocenters. The Morgan fingerprint density at radius 3 is 2.23 bits per heavy atom. The van der Waals surface area contributed by atoms with Crippen molar-refractivity contribution in [2.24, 2.45) is 0 Å². The van der Waals surface area contributed by atoms with E-state index in [1.165, 1.54) is 5.56 Å². The number of carbonyl (C=O) groups is 1. The van der Waals surface area contributed by atoms with Crippen LogP contribution in [0, 0.1) is 0 Å². The number of fused-ring (bicyclic) bond motifs is 1. The highest BCUT2D eigenvalue weighted by Crippen LogP contribution is 2.31. The van der Waals surface area contributed by atoms with Gasteiger partial charge in [-0.25, -0.2) is 0 Å². The molecule has 2 heteroatoms. The van der Waals surface area contributed by atoms with Gasteiger partial charge in [0.1, 0.15) is 0 Å². The van der Waals surface area contributed by atoms with Gasteiger partial charge in [0.15, 0.2) is 0 Å². The first-order valence-corrected chi connectivity index (χ1v) is 7.64. The van der Waals surface area contributed by atoms with Crippen molar-refractivity contribution >= 4 is 17.6 Å². The standard InChI is InChI=1S/C20H21NO/c1-20(2,3)21-14-17-12-8-7-11-16(17)13-18(19(21)22)15-9-5-4-6-10-15/h4-13H,14H2,1-3H3. The fourth-order valence-electron chi connectivity index (χ4n) is 2.79. The van der Waals surface area contributed by atoms with Crippen LogP contribution in [-0.2, 0) is 11.3 Å². The van der Waals surface area contributed by atoms with E-state index in [0.29, 0.717) is 6.54 Å². The van der Waals surface area contributed by atoms with Crippen LogP contribution in [0.1, 0.15) is 37.5 Å². The van der Waals surface area contributed by atoms with Crippen molar-refractivity contribution in [2.75, 3.05) is 0 Å². The monoisotopic (exact) mass is 291 g/mol. The number of carbonyl (C=O) groups excluding carboxylic acids is 1. The summed E-state index contributed by atoms with van der Waals surface area (Å²) in [5.41, 5.74) is 3.83. The normalized spacial score (nSPS) is 15.1. The van der Waals surface area contributed by atoms with Crippen molar-refractivity contribution in [3.8, 4) is 0 Å². The first kappa shape index (κ1) is 14.6. The first-order chi connectivity index (χ1) is 10.5. The van der Waals surface area contributed by atoms with Crippen LogP contribution >= 0.6 is 0 Å². The van der Waals surface area contributed by atoms with Crippen LogP contribution in [-0.4, -0.2) is 16.3 Å². The Morgan fingerprint density at radius 1 is 0.909 bits per heavy atom. The van der Waals surface area contributed by atoms with Crippen molar-refractivity contribution in [1.82, 2.24) is 4.90 Å². The SMILES string of the molecule is CC(C)(C)N1Cc2ccccc2C=C(c2ccccc2)C1=O. The summed E-state index contributed by atoms with van der Waals surface area (Å²) < 4.78 is 0. The molecule has 0 aromatic heterocycles. The molecule has 0 saturated carbocycles. The number of benzene rings is 2. The van der Waals surface area contributed by atoms with E-state index in [4.69, 9.17) is 0 Å². The number of hydrogen-bond acceptors (Lipinski definition) is 1. The maximum atomic E-state index is 13.1. The Hall–Kier alpha value is -2.35. The van der Waals surface area contributed by atoms with Crippen LogP contribution in [0.4, 0.5) is 0 Å². The minimum absolute atomic E-state index is 0.0925. The third kappa shape index (κ3) is 2.69. The highest BCUT2D eigenvalue weighted by atomic mass is 16.2. The number of nitrogens with zero attached hydrogens (tertiary/aromatic N) is 1. The quantitative estimate of drug-likeness (QED) is 0.764. The molecule has 2 aromatic carbocycles. The van der Waals surface area contributed by atoms with Crippen LogP contribution in [0.3, 0.4) is 0 Å². The highest BCUT2D eigenvalue weighted by Gasteiger charge is 2.31. The maximum absolute atomic E-state index is 13.1. The van der Waals surface area contributed by atoms with Crippen LogP contribution in [0.25, 0.3) is 11.6 Å². The summed E-state index contributed by atoms with van der Waals surface area (Å²) in [6, 6.07) is 18.2. The Morgan fingerprint density at radius 2 is 1.55 bits per heavy atom. The van der Waals surface area contributed by atoms with Crippen molar-refractivity contribution in [2.45, 2.75) is 32.9 Å². The predicted octanol–water partition coefficient (Wildman–Crippen LogP) is 4.37. The summed E-state index contributed by atoms with van der Waals surface area (Å²) >= 11 is 0. The van der Waals surface area contributed by atoms with Crippen molar-refractivity contribution in [1.29, 1.82) is 0 Å². The summed E-state index contributed by atoms with van der Waals surface area (Å²) in [6.45, 7) is 6.90. The third-order valence-corrected chi connectivity index (χ3v) is 4.05. The average molecular weight is 291 g/mol. The van der Waals surface area contributed by atoms with E-state index < -0.39 is 0 Å². The van der Waals surface area contributed by atoms with Gasteiger partial charge in [0.05, 0.1) is 0 Å². The van der Waals surface area contributed by atoms with Gasteiger partial charge < -0.3 is 4.90 Å². The zero-order valence-electron chi connectivity index (χ0n) is 13.3. The summed E-state index contributed by atoms with van der Waals surface area (Å²) in [5.74, 6) is 0.0925. The fraction of sp³-hybridized carbons (Fsp3) is 0.250. The van der Waals surface area contributed by atoms with Gasteiger partial charge in [-0.15, -0.1) is 0 Å². The molecule has 2 nitrogen and oxygen atoms in total. The molecule has 1 amide bonds. The summed E-state index contributed by atoms with van der Waals surface area (Å²) in [6.07, 6.45) is 2.03. The van der Waals surface area contributed by atoms with Crippen molar-refractivity contribution in [3.63, 3.8) is 0 Å². The van der Waals surface area contributed by atoms with Crippen LogP contribution < -0.4 is 0 Å². The van der Waals surface area contributed by atoms with Gasteiger partial charge in [-0.2, -0.15) is 0 Å². The molecule has 0 N–H and O–H groups in total. The van der Waals surface area contributed by atoms with E-state index in [1.54, 1.807) is 0 Å². The molecule has 112 valence electrons. The molecule has 0 aliphatic carbocycles. The molecular formula is C20H21NO. The van der Waals surface area contributed by atoms with Gasteiger partial charge in [-0.1, -0.05) is 54.6 Å².